The molecule has 0 spiro atoms. The molecule has 172 valence electrons. The van der Waals surface area contributed by atoms with Gasteiger partial charge < -0.3 is 9.80 Å². The highest BCUT2D eigenvalue weighted by atomic mass is 35.5. The summed E-state index contributed by atoms with van der Waals surface area (Å²) in [7, 11) is 0. The molecule has 0 saturated carbocycles. The first kappa shape index (κ1) is 23.5. The third kappa shape index (κ3) is 5.47. The van der Waals surface area contributed by atoms with Crippen LogP contribution in [-0.4, -0.2) is 37.0 Å². The summed E-state index contributed by atoms with van der Waals surface area (Å²) in [5, 5.41) is 1.03. The maximum Gasteiger partial charge on any atom is 0.229 e. The minimum atomic E-state index is -0.196. The molecule has 0 bridgehead atoms. The highest BCUT2D eigenvalue weighted by molar-refractivity contribution is 6.40. The largest absolute Gasteiger partial charge is 0.309 e. The average Bonchev–Trinajstić information content (AvgIpc) is 3.26. The maximum atomic E-state index is 14.2. The number of piperidine rings is 1. The standard InChI is InChI=1S/C26H31Cl2FN2O/c1-18-13-20(14-21-8-2-3-9-24(21)29)17-31(26(18)32)25-22(27)15-19(16-23(25)28)7-6-12-30-10-4-5-11-30/h2-3,8-9,15-16,18,20H,4-7,10-14,17H2,1H3/t18-,20-/m1/s1. The summed E-state index contributed by atoms with van der Waals surface area (Å²) in [5.41, 5.74) is 2.37. The first-order valence-electron chi connectivity index (χ1n) is 11.7. The molecule has 0 aliphatic carbocycles. The van der Waals surface area contributed by atoms with Crippen LogP contribution in [0.4, 0.5) is 10.1 Å². The number of carbonyl (C=O) groups is 1. The van der Waals surface area contributed by atoms with Gasteiger partial charge in [-0.15, -0.1) is 0 Å². The van der Waals surface area contributed by atoms with Crippen molar-refractivity contribution in [3.63, 3.8) is 0 Å². The predicted molar refractivity (Wildman–Crippen MR) is 130 cm³/mol. The second-order valence-corrected chi connectivity index (χ2v) is 10.1. The van der Waals surface area contributed by atoms with Crippen LogP contribution < -0.4 is 4.90 Å². The zero-order valence-corrected chi connectivity index (χ0v) is 20.1. The Morgan fingerprint density at radius 1 is 1.09 bits per heavy atom. The van der Waals surface area contributed by atoms with Crippen molar-refractivity contribution in [3.05, 3.63) is 63.4 Å². The minimum absolute atomic E-state index is 0.0281. The summed E-state index contributed by atoms with van der Waals surface area (Å²) in [5.74, 6) is -0.182. The molecular weight excluding hydrogens is 446 g/mol. The Hall–Kier alpha value is -1.62. The van der Waals surface area contributed by atoms with E-state index in [1.54, 1.807) is 11.0 Å². The molecule has 2 heterocycles. The average molecular weight is 477 g/mol. The number of carbonyl (C=O) groups excluding carboxylic acids is 1. The molecule has 4 rings (SSSR count). The second kappa shape index (κ2) is 10.5. The molecule has 3 nitrogen and oxygen atoms in total. The van der Waals surface area contributed by atoms with E-state index in [-0.39, 0.29) is 23.6 Å². The number of amides is 1. The van der Waals surface area contributed by atoms with E-state index >= 15 is 0 Å². The van der Waals surface area contributed by atoms with E-state index < -0.39 is 0 Å². The molecule has 2 aliphatic heterocycles. The van der Waals surface area contributed by atoms with Crippen LogP contribution in [0.15, 0.2) is 36.4 Å². The molecule has 2 atom stereocenters. The Kier molecular flexibility index (Phi) is 7.75. The molecule has 2 saturated heterocycles. The number of likely N-dealkylation sites (tertiary alicyclic amines) is 1. The highest BCUT2D eigenvalue weighted by Gasteiger charge is 2.34. The molecule has 0 unspecified atom stereocenters. The first-order chi connectivity index (χ1) is 15.4. The van der Waals surface area contributed by atoms with Gasteiger partial charge in [0.05, 0.1) is 15.7 Å². The molecular formula is C26H31Cl2FN2O. The van der Waals surface area contributed by atoms with Crippen molar-refractivity contribution in [3.8, 4) is 0 Å². The molecule has 2 aromatic carbocycles. The lowest BCUT2D eigenvalue weighted by Gasteiger charge is -2.37. The number of halogens is 3. The summed E-state index contributed by atoms with van der Waals surface area (Å²) < 4.78 is 14.2. The Labute approximate surface area is 200 Å². The zero-order chi connectivity index (χ0) is 22.7. The molecule has 0 N–H and O–H groups in total. The van der Waals surface area contributed by atoms with Gasteiger partial charge in [-0.05, 0) is 93.4 Å². The van der Waals surface area contributed by atoms with Gasteiger partial charge in [-0.25, -0.2) is 4.39 Å². The van der Waals surface area contributed by atoms with Crippen LogP contribution in [-0.2, 0) is 17.6 Å². The predicted octanol–water partition coefficient (Wildman–Crippen LogP) is 6.39. The highest BCUT2D eigenvalue weighted by Crippen LogP contribution is 2.39. The van der Waals surface area contributed by atoms with E-state index in [1.165, 1.54) is 32.0 Å². The number of nitrogens with zero attached hydrogens (tertiary/aromatic N) is 2. The monoisotopic (exact) mass is 476 g/mol. The zero-order valence-electron chi connectivity index (χ0n) is 18.6. The van der Waals surface area contributed by atoms with E-state index in [0.717, 1.165) is 31.4 Å². The van der Waals surface area contributed by atoms with Crippen molar-refractivity contribution in [1.29, 1.82) is 0 Å². The number of aryl methyl sites for hydroxylation is 1. The molecule has 6 heteroatoms. The normalized spacial score (nSPS) is 22.0. The smallest absolute Gasteiger partial charge is 0.229 e. The first-order valence-corrected chi connectivity index (χ1v) is 12.4. The van der Waals surface area contributed by atoms with Crippen molar-refractivity contribution in [2.75, 3.05) is 31.1 Å². The van der Waals surface area contributed by atoms with Crippen LogP contribution in [0.5, 0.6) is 0 Å². The van der Waals surface area contributed by atoms with Gasteiger partial charge in [0.1, 0.15) is 5.82 Å². The molecule has 2 fully saturated rings. The second-order valence-electron chi connectivity index (χ2n) is 9.31. The molecule has 32 heavy (non-hydrogen) atoms. The molecule has 2 aliphatic rings. The van der Waals surface area contributed by atoms with Gasteiger partial charge in [0, 0.05) is 12.5 Å². The van der Waals surface area contributed by atoms with E-state index in [1.807, 2.05) is 31.2 Å². The SMILES string of the molecule is C[C@@H]1C[C@H](Cc2ccccc2F)CN(c2c(Cl)cc(CCCN3CCCC3)cc2Cl)C1=O. The molecule has 1 amide bonds. The van der Waals surface area contributed by atoms with Crippen molar-refractivity contribution >= 4 is 34.8 Å². The van der Waals surface area contributed by atoms with Crippen LogP contribution in [0.1, 0.15) is 43.7 Å². The summed E-state index contributed by atoms with van der Waals surface area (Å²) in [6, 6.07) is 10.8. The van der Waals surface area contributed by atoms with Crippen molar-refractivity contribution < 1.29 is 9.18 Å². The van der Waals surface area contributed by atoms with Crippen molar-refractivity contribution in [2.45, 2.75) is 45.4 Å². The summed E-state index contributed by atoms with van der Waals surface area (Å²) in [6.07, 6.45) is 5.89. The fourth-order valence-corrected chi connectivity index (χ4v) is 5.88. The van der Waals surface area contributed by atoms with Gasteiger partial charge in [-0.1, -0.05) is 48.3 Å². The van der Waals surface area contributed by atoms with E-state index in [2.05, 4.69) is 4.90 Å². The number of hydrogen-bond acceptors (Lipinski definition) is 2. The fraction of sp³-hybridized carbons (Fsp3) is 0.500. The lowest BCUT2D eigenvalue weighted by atomic mass is 9.85. The van der Waals surface area contributed by atoms with E-state index in [9.17, 15) is 9.18 Å². The Morgan fingerprint density at radius 2 is 1.78 bits per heavy atom. The van der Waals surface area contributed by atoms with Gasteiger partial charge in [-0.2, -0.15) is 0 Å². The minimum Gasteiger partial charge on any atom is -0.309 e. The van der Waals surface area contributed by atoms with Crippen molar-refractivity contribution in [1.82, 2.24) is 4.90 Å². The van der Waals surface area contributed by atoms with Gasteiger partial charge >= 0.3 is 0 Å². The third-order valence-electron chi connectivity index (χ3n) is 6.77. The van der Waals surface area contributed by atoms with Crippen LogP contribution in [0.25, 0.3) is 0 Å². The van der Waals surface area contributed by atoms with Crippen LogP contribution in [0.2, 0.25) is 10.0 Å². The number of anilines is 1. The van der Waals surface area contributed by atoms with Crippen LogP contribution in [0, 0.1) is 17.7 Å². The van der Waals surface area contributed by atoms with Crippen LogP contribution >= 0.6 is 23.2 Å². The Bertz CT molecular complexity index is 938. The number of benzene rings is 2. The molecule has 0 radical (unpaired) electrons. The fourth-order valence-electron chi connectivity index (χ4n) is 5.15. The Morgan fingerprint density at radius 3 is 2.47 bits per heavy atom. The molecule has 2 aromatic rings. The number of hydrogen-bond donors (Lipinski definition) is 0. The van der Waals surface area contributed by atoms with E-state index in [4.69, 9.17) is 23.2 Å². The maximum absolute atomic E-state index is 14.2. The summed E-state index contributed by atoms with van der Waals surface area (Å²) >= 11 is 13.3. The quantitative estimate of drug-likeness (QED) is 0.461. The van der Waals surface area contributed by atoms with Gasteiger partial charge in [-0.3, -0.25) is 4.79 Å². The Balaban J connectivity index is 1.47. The lowest BCUT2D eigenvalue weighted by Crippen LogP contribution is -2.45. The third-order valence-corrected chi connectivity index (χ3v) is 7.34. The van der Waals surface area contributed by atoms with Crippen molar-refractivity contribution in [2.24, 2.45) is 11.8 Å². The van der Waals surface area contributed by atoms with Gasteiger partial charge in [0.2, 0.25) is 5.91 Å². The molecule has 0 aromatic heterocycles. The lowest BCUT2D eigenvalue weighted by molar-refractivity contribution is -0.124. The summed E-state index contributed by atoms with van der Waals surface area (Å²) in [4.78, 5) is 17.2. The van der Waals surface area contributed by atoms with Gasteiger partial charge in [0.15, 0.2) is 0 Å². The van der Waals surface area contributed by atoms with Crippen LogP contribution in [0.3, 0.4) is 0 Å². The van der Waals surface area contributed by atoms with Gasteiger partial charge in [0.25, 0.3) is 0 Å². The number of rotatable bonds is 7. The summed E-state index contributed by atoms with van der Waals surface area (Å²) in [6.45, 7) is 5.91. The topological polar surface area (TPSA) is 23.6 Å². The van der Waals surface area contributed by atoms with E-state index in [0.29, 0.717) is 34.3 Å².